The molecule has 6 heteroatoms. The average Bonchev–Trinajstić information content (AvgIpc) is 2.66. The molecule has 2 rings (SSSR count). The maximum Gasteiger partial charge on any atom is 0.331 e. The largest absolute Gasteiger partial charge is 0.493 e. The van der Waals surface area contributed by atoms with Gasteiger partial charge in [0.15, 0.2) is 11.5 Å². The molecule has 0 aliphatic heterocycles. The normalized spacial score (nSPS) is 11.0. The molecule has 0 heterocycles. The van der Waals surface area contributed by atoms with E-state index in [2.05, 4.69) is 0 Å². The molecular weight excluding hydrogens is 339 g/mol. The number of esters is 1. The van der Waals surface area contributed by atoms with Crippen LogP contribution in [-0.4, -0.2) is 33.9 Å². The van der Waals surface area contributed by atoms with E-state index in [1.54, 1.807) is 31.2 Å². The first-order chi connectivity index (χ1) is 12.5. The van der Waals surface area contributed by atoms with Gasteiger partial charge >= 0.3 is 5.97 Å². The van der Waals surface area contributed by atoms with Gasteiger partial charge in [0.05, 0.1) is 27.9 Å². The highest BCUT2D eigenvalue weighted by atomic mass is 19.1. The summed E-state index contributed by atoms with van der Waals surface area (Å²) in [6.07, 6.45) is 1.36. The van der Waals surface area contributed by atoms with Crippen LogP contribution >= 0.6 is 0 Å². The van der Waals surface area contributed by atoms with Crippen molar-refractivity contribution in [1.82, 2.24) is 0 Å². The Kier molecular flexibility index (Phi) is 6.60. The molecule has 0 atom stereocenters. The van der Waals surface area contributed by atoms with Crippen LogP contribution in [0.25, 0.3) is 5.57 Å². The minimum atomic E-state index is -0.499. The van der Waals surface area contributed by atoms with Crippen LogP contribution < -0.4 is 14.2 Å². The lowest BCUT2D eigenvalue weighted by molar-refractivity contribution is -0.137. The van der Waals surface area contributed by atoms with Crippen LogP contribution in [0.5, 0.6) is 17.2 Å². The van der Waals surface area contributed by atoms with Gasteiger partial charge in [-0.3, -0.25) is 0 Å². The molecule has 2 aromatic carbocycles. The first kappa shape index (κ1) is 19.3. The van der Waals surface area contributed by atoms with Gasteiger partial charge in [-0.15, -0.1) is 0 Å². The molecule has 0 radical (unpaired) electrons. The fourth-order valence-electron chi connectivity index (χ4n) is 2.50. The van der Waals surface area contributed by atoms with E-state index in [0.29, 0.717) is 33.9 Å². The number of methoxy groups -OCH3 is 3. The van der Waals surface area contributed by atoms with Crippen LogP contribution in [0.15, 0.2) is 42.5 Å². The molecule has 0 saturated carbocycles. The molecule has 0 spiro atoms. The fourth-order valence-corrected chi connectivity index (χ4v) is 2.50. The van der Waals surface area contributed by atoms with Crippen molar-refractivity contribution in [2.45, 2.75) is 6.92 Å². The Morgan fingerprint density at radius 3 is 2.00 bits per heavy atom. The number of benzene rings is 2. The van der Waals surface area contributed by atoms with Crippen molar-refractivity contribution in [2.24, 2.45) is 0 Å². The first-order valence-electron chi connectivity index (χ1n) is 7.98. The van der Waals surface area contributed by atoms with E-state index in [1.807, 2.05) is 0 Å². The molecule has 0 aliphatic rings. The second kappa shape index (κ2) is 8.89. The van der Waals surface area contributed by atoms with E-state index in [1.165, 1.54) is 39.5 Å². The Labute approximate surface area is 151 Å². The zero-order valence-electron chi connectivity index (χ0n) is 15.2. The molecule has 0 fully saturated rings. The van der Waals surface area contributed by atoms with E-state index in [0.717, 1.165) is 0 Å². The monoisotopic (exact) mass is 360 g/mol. The maximum atomic E-state index is 13.3. The maximum absolute atomic E-state index is 13.3. The van der Waals surface area contributed by atoms with Gasteiger partial charge < -0.3 is 18.9 Å². The smallest absolute Gasteiger partial charge is 0.331 e. The molecule has 5 nitrogen and oxygen atoms in total. The third-order valence-electron chi connectivity index (χ3n) is 3.68. The predicted molar refractivity (Wildman–Crippen MR) is 96.2 cm³/mol. The number of rotatable bonds is 7. The topological polar surface area (TPSA) is 54.0 Å². The number of carbonyl (C=O) groups is 1. The molecule has 0 amide bonds. The molecular formula is C20H21FO5. The number of hydrogen-bond acceptors (Lipinski definition) is 5. The second-order valence-corrected chi connectivity index (χ2v) is 5.23. The standard InChI is InChI=1S/C20H21FO5/c1-5-26-19(22)12-16(13-6-8-15(21)9-7-13)14-10-17(23-2)20(25-4)18(11-14)24-3/h6-12H,5H2,1-4H3/b16-12+. The Morgan fingerprint density at radius 1 is 0.962 bits per heavy atom. The van der Waals surface area contributed by atoms with Gasteiger partial charge in [-0.1, -0.05) is 12.1 Å². The second-order valence-electron chi connectivity index (χ2n) is 5.23. The van der Waals surface area contributed by atoms with Gasteiger partial charge in [-0.2, -0.15) is 0 Å². The van der Waals surface area contributed by atoms with Gasteiger partial charge in [0.1, 0.15) is 5.82 Å². The third kappa shape index (κ3) is 4.33. The summed E-state index contributed by atoms with van der Waals surface area (Å²) in [6, 6.07) is 9.26. The van der Waals surface area contributed by atoms with Crippen molar-refractivity contribution < 1.29 is 28.1 Å². The Bertz CT molecular complexity index is 771. The summed E-state index contributed by atoms with van der Waals surface area (Å²) >= 11 is 0. The fraction of sp³-hybridized carbons (Fsp3) is 0.250. The number of carbonyl (C=O) groups excluding carboxylic acids is 1. The summed E-state index contributed by atoms with van der Waals surface area (Å²) in [7, 11) is 4.52. The minimum Gasteiger partial charge on any atom is -0.493 e. The molecule has 26 heavy (non-hydrogen) atoms. The lowest BCUT2D eigenvalue weighted by Gasteiger charge is -2.16. The van der Waals surface area contributed by atoms with Gasteiger partial charge in [0.2, 0.25) is 5.75 Å². The average molecular weight is 360 g/mol. The highest BCUT2D eigenvalue weighted by Crippen LogP contribution is 2.41. The van der Waals surface area contributed by atoms with Crippen molar-refractivity contribution in [2.75, 3.05) is 27.9 Å². The summed E-state index contributed by atoms with van der Waals surface area (Å²) in [6.45, 7) is 1.98. The molecule has 0 aliphatic carbocycles. The van der Waals surface area contributed by atoms with E-state index in [-0.39, 0.29) is 12.4 Å². The zero-order valence-corrected chi connectivity index (χ0v) is 15.2. The lowest BCUT2D eigenvalue weighted by Crippen LogP contribution is -2.03. The molecule has 2 aromatic rings. The molecule has 0 bridgehead atoms. The van der Waals surface area contributed by atoms with Crippen LogP contribution in [0.4, 0.5) is 4.39 Å². The number of hydrogen-bond donors (Lipinski definition) is 0. The van der Waals surface area contributed by atoms with Crippen LogP contribution in [0.3, 0.4) is 0 Å². The molecule has 138 valence electrons. The quantitative estimate of drug-likeness (QED) is 0.555. The minimum absolute atomic E-state index is 0.251. The van der Waals surface area contributed by atoms with Crippen molar-refractivity contribution in [3.05, 3.63) is 59.4 Å². The van der Waals surface area contributed by atoms with Crippen molar-refractivity contribution >= 4 is 11.5 Å². The molecule has 0 aromatic heterocycles. The van der Waals surface area contributed by atoms with Gasteiger partial charge in [0, 0.05) is 6.08 Å². The predicted octanol–water partition coefficient (Wildman–Crippen LogP) is 3.85. The Morgan fingerprint density at radius 2 is 1.54 bits per heavy atom. The van der Waals surface area contributed by atoms with E-state index >= 15 is 0 Å². The summed E-state index contributed by atoms with van der Waals surface area (Å²) in [5.41, 5.74) is 1.83. The Hall–Kier alpha value is -3.02. The summed E-state index contributed by atoms with van der Waals surface area (Å²) in [5.74, 6) is 0.459. The lowest BCUT2D eigenvalue weighted by atomic mass is 9.96. The molecule has 0 unspecified atom stereocenters. The van der Waals surface area contributed by atoms with Crippen LogP contribution in [0, 0.1) is 5.82 Å². The van der Waals surface area contributed by atoms with Crippen molar-refractivity contribution in [3.63, 3.8) is 0 Å². The van der Waals surface area contributed by atoms with Gasteiger partial charge in [0.25, 0.3) is 0 Å². The van der Waals surface area contributed by atoms with Crippen LogP contribution in [0.1, 0.15) is 18.1 Å². The Balaban J connectivity index is 2.65. The van der Waals surface area contributed by atoms with Crippen molar-refractivity contribution in [3.8, 4) is 17.2 Å². The highest BCUT2D eigenvalue weighted by Gasteiger charge is 2.17. The number of ether oxygens (including phenoxy) is 4. The zero-order chi connectivity index (χ0) is 19.1. The SMILES string of the molecule is CCOC(=O)/C=C(\c1ccc(F)cc1)c1cc(OC)c(OC)c(OC)c1. The number of halogens is 1. The summed E-state index contributed by atoms with van der Waals surface area (Å²) in [5, 5.41) is 0. The summed E-state index contributed by atoms with van der Waals surface area (Å²) < 4.78 is 34.4. The molecule has 0 saturated heterocycles. The van der Waals surface area contributed by atoms with Gasteiger partial charge in [-0.25, -0.2) is 9.18 Å². The highest BCUT2D eigenvalue weighted by molar-refractivity contribution is 5.96. The summed E-state index contributed by atoms with van der Waals surface area (Å²) in [4.78, 5) is 12.0. The molecule has 0 N–H and O–H groups in total. The first-order valence-corrected chi connectivity index (χ1v) is 7.98. The van der Waals surface area contributed by atoms with E-state index in [9.17, 15) is 9.18 Å². The van der Waals surface area contributed by atoms with E-state index in [4.69, 9.17) is 18.9 Å². The third-order valence-corrected chi connectivity index (χ3v) is 3.68. The van der Waals surface area contributed by atoms with Crippen LogP contribution in [0.2, 0.25) is 0 Å². The van der Waals surface area contributed by atoms with Gasteiger partial charge in [-0.05, 0) is 47.9 Å². The van der Waals surface area contributed by atoms with Crippen molar-refractivity contribution in [1.29, 1.82) is 0 Å². The van der Waals surface area contributed by atoms with Crippen LogP contribution in [-0.2, 0) is 9.53 Å². The van der Waals surface area contributed by atoms with E-state index < -0.39 is 5.97 Å².